The molecule has 2 aromatic carbocycles. The molecular formula is C21H20N2O2. The highest BCUT2D eigenvalue weighted by Crippen LogP contribution is 2.28. The normalized spacial score (nSPS) is 14.3. The van der Waals surface area contributed by atoms with Crippen LogP contribution >= 0.6 is 0 Å². The topological polar surface area (TPSA) is 45.5 Å². The molecule has 0 spiro atoms. The fraction of sp³-hybridized carbons (Fsp3) is 0.190. The highest BCUT2D eigenvalue weighted by Gasteiger charge is 2.25. The van der Waals surface area contributed by atoms with Gasteiger partial charge in [-0.15, -0.1) is 0 Å². The van der Waals surface area contributed by atoms with E-state index >= 15 is 0 Å². The van der Waals surface area contributed by atoms with Crippen molar-refractivity contribution < 1.29 is 9.21 Å². The summed E-state index contributed by atoms with van der Waals surface area (Å²) in [4.78, 5) is 14.6. The van der Waals surface area contributed by atoms with Crippen molar-refractivity contribution in [1.29, 1.82) is 0 Å². The van der Waals surface area contributed by atoms with Gasteiger partial charge in [0, 0.05) is 12.2 Å². The summed E-state index contributed by atoms with van der Waals surface area (Å²) in [5, 5.41) is 3.36. The van der Waals surface area contributed by atoms with Crippen LogP contribution < -0.4 is 10.2 Å². The number of furan rings is 1. The van der Waals surface area contributed by atoms with Crippen LogP contribution in [0.25, 0.3) is 0 Å². The van der Waals surface area contributed by atoms with Crippen LogP contribution in [0.2, 0.25) is 0 Å². The van der Waals surface area contributed by atoms with Gasteiger partial charge < -0.3 is 9.32 Å². The lowest BCUT2D eigenvalue weighted by molar-refractivity contribution is -0.117. The number of carbonyl (C=O) groups is 1. The number of carbonyl (C=O) groups excluding carboxylic acids is 1. The summed E-state index contributed by atoms with van der Waals surface area (Å²) in [6.07, 6.45) is 2.58. The molecule has 25 heavy (non-hydrogen) atoms. The quantitative estimate of drug-likeness (QED) is 0.777. The van der Waals surface area contributed by atoms with Crippen molar-refractivity contribution in [2.45, 2.75) is 12.5 Å². The van der Waals surface area contributed by atoms with Crippen molar-refractivity contribution >= 4 is 11.6 Å². The van der Waals surface area contributed by atoms with Crippen LogP contribution in [0.5, 0.6) is 0 Å². The summed E-state index contributed by atoms with van der Waals surface area (Å²) in [6.45, 7) is 1.01. The van der Waals surface area contributed by atoms with Gasteiger partial charge in [0.05, 0.1) is 18.8 Å². The standard InChI is InChI=1S/C21H20N2O2/c24-20(23-13-12-16-7-4-5-10-18(16)23)15-22-21(19-11-6-14-25-19)17-8-2-1-3-9-17/h1-11,14,21-22H,12-13,15H2/t21-/m0/s1. The predicted octanol–water partition coefficient (Wildman–Crippen LogP) is 3.55. The summed E-state index contributed by atoms with van der Waals surface area (Å²) in [6, 6.07) is 21.8. The maximum absolute atomic E-state index is 12.7. The molecule has 0 aliphatic carbocycles. The Morgan fingerprint density at radius 2 is 1.84 bits per heavy atom. The van der Waals surface area contributed by atoms with Crippen molar-refractivity contribution in [2.24, 2.45) is 0 Å². The van der Waals surface area contributed by atoms with Crippen LogP contribution in [0.1, 0.15) is 22.9 Å². The lowest BCUT2D eigenvalue weighted by Crippen LogP contribution is -2.38. The second kappa shape index (κ2) is 6.95. The summed E-state index contributed by atoms with van der Waals surface area (Å²) >= 11 is 0. The first-order chi connectivity index (χ1) is 12.3. The van der Waals surface area contributed by atoms with Crippen molar-refractivity contribution in [1.82, 2.24) is 5.32 Å². The van der Waals surface area contributed by atoms with E-state index in [0.717, 1.165) is 30.0 Å². The molecule has 1 amide bonds. The Labute approximate surface area is 147 Å². The first-order valence-corrected chi connectivity index (χ1v) is 8.53. The number of nitrogens with zero attached hydrogens (tertiary/aromatic N) is 1. The Morgan fingerprint density at radius 3 is 2.64 bits per heavy atom. The van der Waals surface area contributed by atoms with Gasteiger partial charge >= 0.3 is 0 Å². The number of hydrogen-bond acceptors (Lipinski definition) is 3. The van der Waals surface area contributed by atoms with E-state index in [1.807, 2.05) is 65.6 Å². The number of para-hydroxylation sites is 1. The minimum atomic E-state index is -0.141. The summed E-state index contributed by atoms with van der Waals surface area (Å²) in [7, 11) is 0. The van der Waals surface area contributed by atoms with Gasteiger partial charge in [0.1, 0.15) is 5.76 Å². The SMILES string of the molecule is O=C(CN[C@@H](c1ccccc1)c1ccco1)N1CCc2ccccc21. The lowest BCUT2D eigenvalue weighted by Gasteiger charge is -2.21. The van der Waals surface area contributed by atoms with Gasteiger partial charge in [0.15, 0.2) is 0 Å². The van der Waals surface area contributed by atoms with Crippen molar-refractivity contribution in [3.05, 3.63) is 89.9 Å². The van der Waals surface area contributed by atoms with E-state index in [0.29, 0.717) is 0 Å². The molecule has 4 nitrogen and oxygen atoms in total. The highest BCUT2D eigenvalue weighted by molar-refractivity contribution is 5.96. The predicted molar refractivity (Wildman–Crippen MR) is 97.5 cm³/mol. The Hall–Kier alpha value is -2.85. The van der Waals surface area contributed by atoms with E-state index in [1.54, 1.807) is 6.26 Å². The zero-order valence-corrected chi connectivity index (χ0v) is 13.9. The van der Waals surface area contributed by atoms with E-state index in [9.17, 15) is 4.79 Å². The summed E-state index contributed by atoms with van der Waals surface area (Å²) < 4.78 is 5.58. The molecule has 4 rings (SSSR count). The van der Waals surface area contributed by atoms with Gasteiger partial charge in [-0.2, -0.15) is 0 Å². The zero-order chi connectivity index (χ0) is 17.1. The molecule has 3 aromatic rings. The third-order valence-corrected chi connectivity index (χ3v) is 4.61. The largest absolute Gasteiger partial charge is 0.467 e. The maximum atomic E-state index is 12.7. The summed E-state index contributed by atoms with van der Waals surface area (Å²) in [5.41, 5.74) is 3.34. The van der Waals surface area contributed by atoms with Crippen molar-refractivity contribution in [3.63, 3.8) is 0 Å². The molecular weight excluding hydrogens is 312 g/mol. The molecule has 1 N–H and O–H groups in total. The van der Waals surface area contributed by atoms with Crippen LogP contribution in [0.4, 0.5) is 5.69 Å². The first kappa shape index (κ1) is 15.7. The first-order valence-electron chi connectivity index (χ1n) is 8.53. The zero-order valence-electron chi connectivity index (χ0n) is 13.9. The Balaban J connectivity index is 1.50. The minimum Gasteiger partial charge on any atom is -0.467 e. The molecule has 1 aliphatic heterocycles. The van der Waals surface area contributed by atoms with Gasteiger partial charge in [0.25, 0.3) is 0 Å². The van der Waals surface area contributed by atoms with Gasteiger partial charge in [-0.1, -0.05) is 48.5 Å². The molecule has 1 atom stereocenters. The van der Waals surface area contributed by atoms with Crippen molar-refractivity contribution in [2.75, 3.05) is 18.0 Å². The number of rotatable bonds is 5. The Kier molecular flexibility index (Phi) is 4.36. The molecule has 1 aromatic heterocycles. The average molecular weight is 332 g/mol. The van der Waals surface area contributed by atoms with E-state index in [2.05, 4.69) is 11.4 Å². The fourth-order valence-electron chi connectivity index (χ4n) is 3.37. The second-order valence-electron chi connectivity index (χ2n) is 6.16. The number of hydrogen-bond donors (Lipinski definition) is 1. The molecule has 0 unspecified atom stereocenters. The molecule has 0 radical (unpaired) electrons. The molecule has 0 saturated heterocycles. The average Bonchev–Trinajstić information content (AvgIpc) is 3.32. The van der Waals surface area contributed by atoms with Crippen LogP contribution in [-0.2, 0) is 11.2 Å². The lowest BCUT2D eigenvalue weighted by atomic mass is 10.0. The Morgan fingerprint density at radius 1 is 1.04 bits per heavy atom. The smallest absolute Gasteiger partial charge is 0.240 e. The summed E-state index contributed by atoms with van der Waals surface area (Å²) in [5.74, 6) is 0.887. The maximum Gasteiger partial charge on any atom is 0.240 e. The van der Waals surface area contributed by atoms with Gasteiger partial charge in [-0.05, 0) is 35.7 Å². The van der Waals surface area contributed by atoms with Gasteiger partial charge in [0.2, 0.25) is 5.91 Å². The molecule has 4 heteroatoms. The third-order valence-electron chi connectivity index (χ3n) is 4.61. The van der Waals surface area contributed by atoms with E-state index < -0.39 is 0 Å². The number of nitrogens with one attached hydrogen (secondary N) is 1. The molecule has 0 bridgehead atoms. The molecule has 1 aliphatic rings. The molecule has 2 heterocycles. The Bertz CT molecular complexity index is 843. The van der Waals surface area contributed by atoms with Gasteiger partial charge in [-0.3, -0.25) is 10.1 Å². The van der Waals surface area contributed by atoms with Crippen LogP contribution in [-0.4, -0.2) is 19.0 Å². The van der Waals surface area contributed by atoms with Gasteiger partial charge in [-0.25, -0.2) is 0 Å². The fourth-order valence-corrected chi connectivity index (χ4v) is 3.37. The highest BCUT2D eigenvalue weighted by atomic mass is 16.3. The monoisotopic (exact) mass is 332 g/mol. The number of fused-ring (bicyclic) bond motifs is 1. The van der Waals surface area contributed by atoms with Crippen LogP contribution in [0.15, 0.2) is 77.4 Å². The second-order valence-corrected chi connectivity index (χ2v) is 6.16. The molecule has 0 fully saturated rings. The van der Waals surface area contributed by atoms with Crippen LogP contribution in [0.3, 0.4) is 0 Å². The third kappa shape index (κ3) is 3.21. The molecule has 0 saturated carbocycles. The van der Waals surface area contributed by atoms with E-state index in [4.69, 9.17) is 4.42 Å². The van der Waals surface area contributed by atoms with E-state index in [1.165, 1.54) is 5.56 Å². The van der Waals surface area contributed by atoms with Crippen LogP contribution in [0, 0.1) is 0 Å². The number of benzene rings is 2. The number of anilines is 1. The van der Waals surface area contributed by atoms with E-state index in [-0.39, 0.29) is 18.5 Å². The molecule has 126 valence electrons. The minimum absolute atomic E-state index is 0.0810. The van der Waals surface area contributed by atoms with Crippen molar-refractivity contribution in [3.8, 4) is 0 Å². The number of amides is 1.